The molecule has 0 amide bonds. The number of unbranched alkanes of at least 4 members (excludes halogenated alkanes) is 22. The third kappa shape index (κ3) is 35.5. The van der Waals surface area contributed by atoms with Crippen LogP contribution < -0.4 is 24.8 Å². The lowest BCUT2D eigenvalue weighted by molar-refractivity contribution is -0.941. The second-order valence-corrected chi connectivity index (χ2v) is 15.9. The molecule has 4 heteroatoms. The second kappa shape index (κ2) is 38.0. The summed E-state index contributed by atoms with van der Waals surface area (Å²) < 4.78 is 2.46. The summed E-state index contributed by atoms with van der Waals surface area (Å²) in [5.41, 5.74) is 1.54. The summed E-state index contributed by atoms with van der Waals surface area (Å²) in [6.45, 7) is 16.0. The highest BCUT2D eigenvalue weighted by atomic mass is 35.5. The Bertz CT molecular complexity index is 687. The highest BCUT2D eigenvalue weighted by molar-refractivity contribution is 5.13. The summed E-state index contributed by atoms with van der Waals surface area (Å²) in [6, 6.07) is 11.3. The average molecular weight is 716 g/mol. The molecule has 0 atom stereocenters. The fraction of sp³-hybridized carbons (Fsp3) is 0.864. The van der Waals surface area contributed by atoms with E-state index in [4.69, 9.17) is 0 Å². The molecule has 1 aromatic carbocycles. The van der Waals surface area contributed by atoms with Crippen LogP contribution in [-0.2, 0) is 6.54 Å². The largest absolute Gasteiger partial charge is 1.00 e. The zero-order valence-electron chi connectivity index (χ0n) is 34.0. The molecule has 2 nitrogen and oxygen atoms in total. The Morgan fingerprint density at radius 1 is 0.354 bits per heavy atom. The number of quaternary nitrogens is 2. The van der Waals surface area contributed by atoms with Gasteiger partial charge in [0.05, 0.1) is 47.3 Å². The summed E-state index contributed by atoms with van der Waals surface area (Å²) in [4.78, 5) is 0. The molecule has 0 spiro atoms. The standard InChI is InChI=1S/C25H46N.C19H42N.2ClH/c1-4-7-10-16-21-26(22-17-11-8-5-2,23-18-12-9-6-3)24-25-19-14-13-15-20-25;1-5-6-7-8-9-10-11-12-13-14-15-16-17-18-19-20(2,3)4;;/h13-15,19-20H,4-12,16-18,21-24H2,1-3H3;5-19H2,1-4H3;2*1H/q2*+1;;/p-2. The van der Waals surface area contributed by atoms with E-state index in [0.29, 0.717) is 0 Å². The molecule has 0 saturated carbocycles. The molecule has 0 fully saturated rings. The highest BCUT2D eigenvalue weighted by Crippen LogP contribution is 2.22. The van der Waals surface area contributed by atoms with Gasteiger partial charge in [0, 0.05) is 5.56 Å². The van der Waals surface area contributed by atoms with Gasteiger partial charge in [-0.15, -0.1) is 0 Å². The number of hydrogen-bond donors (Lipinski definition) is 0. The molecule has 48 heavy (non-hydrogen) atoms. The van der Waals surface area contributed by atoms with Crippen molar-refractivity contribution in [3.05, 3.63) is 35.9 Å². The van der Waals surface area contributed by atoms with Gasteiger partial charge in [-0.3, -0.25) is 0 Å². The van der Waals surface area contributed by atoms with Gasteiger partial charge in [-0.25, -0.2) is 0 Å². The minimum absolute atomic E-state index is 0. The molecule has 288 valence electrons. The summed E-state index contributed by atoms with van der Waals surface area (Å²) in [5, 5.41) is 0. The Morgan fingerprint density at radius 2 is 0.625 bits per heavy atom. The van der Waals surface area contributed by atoms with Gasteiger partial charge in [-0.1, -0.05) is 174 Å². The lowest BCUT2D eigenvalue weighted by atomic mass is 10.0. The first kappa shape index (κ1) is 52.1. The van der Waals surface area contributed by atoms with Crippen molar-refractivity contribution in [1.29, 1.82) is 0 Å². The van der Waals surface area contributed by atoms with E-state index in [0.717, 1.165) is 4.48 Å². The van der Waals surface area contributed by atoms with E-state index in [1.165, 1.54) is 210 Å². The second-order valence-electron chi connectivity index (χ2n) is 15.9. The number of rotatable bonds is 32. The van der Waals surface area contributed by atoms with Gasteiger partial charge in [0.25, 0.3) is 0 Å². The number of benzene rings is 1. The maximum atomic E-state index is 2.34. The molecule has 0 aromatic heterocycles. The van der Waals surface area contributed by atoms with Crippen LogP contribution in [0.3, 0.4) is 0 Å². The van der Waals surface area contributed by atoms with E-state index >= 15 is 0 Å². The Morgan fingerprint density at radius 3 is 0.938 bits per heavy atom. The predicted molar refractivity (Wildman–Crippen MR) is 211 cm³/mol. The minimum atomic E-state index is 0. The molecule has 0 heterocycles. The monoisotopic (exact) mass is 715 g/mol. The van der Waals surface area contributed by atoms with Crippen molar-refractivity contribution in [2.24, 2.45) is 0 Å². The number of hydrogen-bond acceptors (Lipinski definition) is 0. The molecule has 0 N–H and O–H groups in total. The van der Waals surface area contributed by atoms with Gasteiger partial charge < -0.3 is 33.8 Å². The molecule has 0 aliphatic heterocycles. The predicted octanol–water partition coefficient (Wildman–Crippen LogP) is 7.93. The molecular formula is C44H88Cl2N2. The van der Waals surface area contributed by atoms with Crippen molar-refractivity contribution in [3.8, 4) is 0 Å². The van der Waals surface area contributed by atoms with Crippen molar-refractivity contribution in [2.75, 3.05) is 47.3 Å². The van der Waals surface area contributed by atoms with Crippen LogP contribution in [0.1, 0.15) is 200 Å². The third-order valence-electron chi connectivity index (χ3n) is 10.0. The molecule has 0 aliphatic carbocycles. The van der Waals surface area contributed by atoms with Crippen LogP contribution in [0.5, 0.6) is 0 Å². The van der Waals surface area contributed by atoms with Gasteiger partial charge in [0.15, 0.2) is 0 Å². The molecule has 1 aromatic rings. The van der Waals surface area contributed by atoms with E-state index in [1.807, 2.05) is 0 Å². The Balaban J connectivity index is -0.000000837. The summed E-state index contributed by atoms with van der Waals surface area (Å²) in [7, 11) is 6.88. The van der Waals surface area contributed by atoms with Crippen molar-refractivity contribution in [2.45, 2.75) is 201 Å². The van der Waals surface area contributed by atoms with Crippen LogP contribution in [-0.4, -0.2) is 56.3 Å². The van der Waals surface area contributed by atoms with E-state index in [2.05, 4.69) is 79.2 Å². The maximum absolute atomic E-state index is 2.34. The van der Waals surface area contributed by atoms with Gasteiger partial charge in [-0.05, 0) is 51.4 Å². The van der Waals surface area contributed by atoms with E-state index in [9.17, 15) is 0 Å². The fourth-order valence-corrected chi connectivity index (χ4v) is 6.95. The maximum Gasteiger partial charge on any atom is 0.104 e. The van der Waals surface area contributed by atoms with Crippen LogP contribution in [0, 0.1) is 0 Å². The molecule has 0 saturated heterocycles. The van der Waals surface area contributed by atoms with Gasteiger partial charge in [0.1, 0.15) is 6.54 Å². The van der Waals surface area contributed by atoms with Crippen molar-refractivity contribution in [3.63, 3.8) is 0 Å². The van der Waals surface area contributed by atoms with E-state index in [1.54, 1.807) is 0 Å². The van der Waals surface area contributed by atoms with Crippen LogP contribution in [0.25, 0.3) is 0 Å². The van der Waals surface area contributed by atoms with Crippen LogP contribution >= 0.6 is 0 Å². The number of nitrogens with zero attached hydrogens (tertiary/aromatic N) is 2. The van der Waals surface area contributed by atoms with E-state index < -0.39 is 0 Å². The first-order valence-corrected chi connectivity index (χ1v) is 21.0. The fourth-order valence-electron chi connectivity index (χ4n) is 6.95. The Kier molecular flexibility index (Phi) is 41.2. The third-order valence-corrected chi connectivity index (χ3v) is 10.0. The molecule has 0 radical (unpaired) electrons. The average Bonchev–Trinajstić information content (AvgIpc) is 3.04. The lowest BCUT2D eigenvalue weighted by Gasteiger charge is -2.39. The Labute approximate surface area is 317 Å². The van der Waals surface area contributed by atoms with Crippen molar-refractivity contribution >= 4 is 0 Å². The summed E-state index contributed by atoms with van der Waals surface area (Å²) in [5.74, 6) is 0. The molecule has 0 unspecified atom stereocenters. The smallest absolute Gasteiger partial charge is 0.104 e. The molecular weight excluding hydrogens is 627 g/mol. The first-order chi connectivity index (χ1) is 22.3. The van der Waals surface area contributed by atoms with Gasteiger partial charge in [0.2, 0.25) is 0 Å². The summed E-state index contributed by atoms with van der Waals surface area (Å²) >= 11 is 0. The highest BCUT2D eigenvalue weighted by Gasteiger charge is 2.26. The number of halogens is 2. The molecule has 1 rings (SSSR count). The van der Waals surface area contributed by atoms with Crippen LogP contribution in [0.15, 0.2) is 30.3 Å². The molecule has 0 aliphatic rings. The zero-order chi connectivity index (χ0) is 34.0. The molecule has 0 bridgehead atoms. The SMILES string of the molecule is CCCCCCCCCCCCCCCC[N+](C)(C)C.CCCCCC[N+](CCCCCC)(CCCCCC)Cc1ccccc1.[Cl-].[Cl-]. The first-order valence-electron chi connectivity index (χ1n) is 21.0. The summed E-state index contributed by atoms with van der Waals surface area (Å²) in [6.07, 6.45) is 37.0. The Hall–Kier alpha value is -0.280. The topological polar surface area (TPSA) is 0 Å². The van der Waals surface area contributed by atoms with Crippen molar-refractivity contribution < 1.29 is 33.8 Å². The van der Waals surface area contributed by atoms with Gasteiger partial charge >= 0.3 is 0 Å². The van der Waals surface area contributed by atoms with E-state index in [-0.39, 0.29) is 24.8 Å². The minimum Gasteiger partial charge on any atom is -1.00 e. The lowest BCUT2D eigenvalue weighted by Crippen LogP contribution is -3.00. The normalized spacial score (nSPS) is 11.4. The zero-order valence-corrected chi connectivity index (χ0v) is 35.5. The van der Waals surface area contributed by atoms with Crippen LogP contribution in [0.4, 0.5) is 0 Å². The van der Waals surface area contributed by atoms with Crippen LogP contribution in [0.2, 0.25) is 0 Å². The quantitative estimate of drug-likeness (QED) is 0.0526. The van der Waals surface area contributed by atoms with Crippen molar-refractivity contribution in [1.82, 2.24) is 0 Å². The van der Waals surface area contributed by atoms with Gasteiger partial charge in [-0.2, -0.15) is 0 Å².